The number of methoxy groups -OCH3 is 1. The highest BCUT2D eigenvalue weighted by molar-refractivity contribution is 5.95. The van der Waals surface area contributed by atoms with Gasteiger partial charge in [-0.05, 0) is 25.1 Å². The summed E-state index contributed by atoms with van der Waals surface area (Å²) in [7, 11) is 1.01. The summed E-state index contributed by atoms with van der Waals surface area (Å²) in [6.07, 6.45) is -4.88. The predicted octanol–water partition coefficient (Wildman–Crippen LogP) is 4.43. The second-order valence-corrected chi connectivity index (χ2v) is 4.51. The Balaban J connectivity index is 2.71. The third kappa shape index (κ3) is 3.19. The highest BCUT2D eigenvalue weighted by Gasteiger charge is 2.38. The minimum atomic E-state index is -4.88. The Morgan fingerprint density at radius 2 is 1.88 bits per heavy atom. The third-order valence-corrected chi connectivity index (χ3v) is 3.02. The van der Waals surface area contributed by atoms with Gasteiger partial charge >= 0.3 is 12.1 Å². The minimum absolute atomic E-state index is 0.116. The van der Waals surface area contributed by atoms with Gasteiger partial charge in [0, 0.05) is 11.1 Å². The fourth-order valence-corrected chi connectivity index (χ4v) is 2.02. The Hall–Kier alpha value is -2.58. The first-order chi connectivity index (χ1) is 11.2. The van der Waals surface area contributed by atoms with Crippen LogP contribution < -0.4 is 4.74 Å². The Bertz CT molecular complexity index is 764. The van der Waals surface area contributed by atoms with Crippen molar-refractivity contribution in [2.45, 2.75) is 13.1 Å². The standard InChI is InChI=1S/C15H11F5O4/c1-3-23-14(21)13-8(6-10(24-13)15(18,19)20)7-4-5-9(16)11(17)12(7)22-2/h4-6H,3H2,1-2H3. The van der Waals surface area contributed by atoms with Gasteiger partial charge in [-0.3, -0.25) is 0 Å². The maximum atomic E-state index is 13.8. The van der Waals surface area contributed by atoms with E-state index < -0.39 is 46.6 Å². The number of hydrogen-bond acceptors (Lipinski definition) is 4. The van der Waals surface area contributed by atoms with E-state index in [0.29, 0.717) is 12.1 Å². The molecule has 24 heavy (non-hydrogen) atoms. The van der Waals surface area contributed by atoms with E-state index >= 15 is 0 Å². The molecule has 0 saturated carbocycles. The van der Waals surface area contributed by atoms with E-state index in [-0.39, 0.29) is 12.2 Å². The van der Waals surface area contributed by atoms with Crippen molar-refractivity contribution in [3.63, 3.8) is 0 Å². The molecule has 4 nitrogen and oxygen atoms in total. The number of carbonyl (C=O) groups is 1. The molecule has 0 aliphatic heterocycles. The minimum Gasteiger partial charge on any atom is -0.493 e. The molecular weight excluding hydrogens is 339 g/mol. The van der Waals surface area contributed by atoms with Crippen molar-refractivity contribution in [3.8, 4) is 16.9 Å². The van der Waals surface area contributed by atoms with Crippen LogP contribution in [0, 0.1) is 11.6 Å². The van der Waals surface area contributed by atoms with Crippen molar-refractivity contribution in [2.75, 3.05) is 13.7 Å². The van der Waals surface area contributed by atoms with Gasteiger partial charge in [0.05, 0.1) is 13.7 Å². The lowest BCUT2D eigenvalue weighted by Crippen LogP contribution is -2.06. The molecule has 1 aromatic heterocycles. The first kappa shape index (κ1) is 17.8. The zero-order valence-corrected chi connectivity index (χ0v) is 12.5. The maximum Gasteiger partial charge on any atom is 0.449 e. The number of ether oxygens (including phenoxy) is 2. The summed E-state index contributed by atoms with van der Waals surface area (Å²) in [6.45, 7) is 1.33. The monoisotopic (exact) mass is 350 g/mol. The average molecular weight is 350 g/mol. The zero-order valence-electron chi connectivity index (χ0n) is 12.5. The number of hydrogen-bond donors (Lipinski definition) is 0. The molecule has 0 aliphatic rings. The molecule has 0 fully saturated rings. The average Bonchev–Trinajstić information content (AvgIpc) is 2.95. The van der Waals surface area contributed by atoms with Gasteiger partial charge in [-0.1, -0.05) is 0 Å². The second-order valence-electron chi connectivity index (χ2n) is 4.51. The van der Waals surface area contributed by atoms with Crippen molar-refractivity contribution in [1.82, 2.24) is 0 Å². The largest absolute Gasteiger partial charge is 0.493 e. The van der Waals surface area contributed by atoms with Crippen LogP contribution in [0.3, 0.4) is 0 Å². The Morgan fingerprint density at radius 3 is 2.42 bits per heavy atom. The van der Waals surface area contributed by atoms with Crippen LogP contribution in [0.4, 0.5) is 22.0 Å². The molecule has 0 aliphatic carbocycles. The fraction of sp³-hybridized carbons (Fsp3) is 0.267. The zero-order chi connectivity index (χ0) is 18.1. The van der Waals surface area contributed by atoms with E-state index in [1.54, 1.807) is 0 Å². The van der Waals surface area contributed by atoms with Gasteiger partial charge in [-0.2, -0.15) is 17.6 Å². The Morgan fingerprint density at radius 1 is 1.21 bits per heavy atom. The molecule has 2 aromatic rings. The van der Waals surface area contributed by atoms with Crippen LogP contribution in [0.5, 0.6) is 5.75 Å². The summed E-state index contributed by atoms with van der Waals surface area (Å²) >= 11 is 0. The van der Waals surface area contributed by atoms with E-state index in [1.165, 1.54) is 6.92 Å². The summed E-state index contributed by atoms with van der Waals surface area (Å²) in [5.41, 5.74) is -0.699. The van der Waals surface area contributed by atoms with E-state index in [2.05, 4.69) is 9.15 Å². The molecule has 0 saturated heterocycles. The molecule has 0 atom stereocenters. The van der Waals surface area contributed by atoms with Gasteiger partial charge in [-0.25, -0.2) is 9.18 Å². The molecule has 0 amide bonds. The molecule has 130 valence electrons. The lowest BCUT2D eigenvalue weighted by molar-refractivity contribution is -0.153. The highest BCUT2D eigenvalue weighted by atomic mass is 19.4. The number of alkyl halides is 3. The van der Waals surface area contributed by atoms with E-state index in [1.807, 2.05) is 0 Å². The number of rotatable bonds is 4. The summed E-state index contributed by atoms with van der Waals surface area (Å²) in [5, 5.41) is 0. The Labute approximate surface area is 132 Å². The van der Waals surface area contributed by atoms with Crippen LogP contribution in [-0.2, 0) is 10.9 Å². The fourth-order valence-electron chi connectivity index (χ4n) is 2.02. The smallest absolute Gasteiger partial charge is 0.449 e. The molecule has 0 spiro atoms. The third-order valence-electron chi connectivity index (χ3n) is 3.02. The topological polar surface area (TPSA) is 48.7 Å². The number of esters is 1. The summed E-state index contributed by atoms with van der Waals surface area (Å²) in [4.78, 5) is 11.8. The quantitative estimate of drug-likeness (QED) is 0.605. The van der Waals surface area contributed by atoms with Crippen LogP contribution in [-0.4, -0.2) is 19.7 Å². The van der Waals surface area contributed by atoms with Gasteiger partial charge in [-0.15, -0.1) is 0 Å². The van der Waals surface area contributed by atoms with Crippen molar-refractivity contribution < 1.29 is 40.6 Å². The SMILES string of the molecule is CCOC(=O)c1oc(C(F)(F)F)cc1-c1ccc(F)c(F)c1OC. The number of furan rings is 1. The summed E-state index contributed by atoms with van der Waals surface area (Å²) < 4.78 is 79.6. The van der Waals surface area contributed by atoms with Crippen LogP contribution in [0.25, 0.3) is 11.1 Å². The van der Waals surface area contributed by atoms with E-state index in [0.717, 1.165) is 13.2 Å². The normalized spacial score (nSPS) is 11.5. The molecule has 0 radical (unpaired) electrons. The molecule has 0 unspecified atom stereocenters. The first-order valence-electron chi connectivity index (χ1n) is 6.61. The highest BCUT2D eigenvalue weighted by Crippen LogP contribution is 2.41. The van der Waals surface area contributed by atoms with Gasteiger partial charge in [0.2, 0.25) is 17.3 Å². The molecule has 1 heterocycles. The predicted molar refractivity (Wildman–Crippen MR) is 71.6 cm³/mol. The van der Waals surface area contributed by atoms with Crippen LogP contribution in [0.15, 0.2) is 22.6 Å². The molecular formula is C15H11F5O4. The number of carbonyl (C=O) groups excluding carboxylic acids is 1. The summed E-state index contributed by atoms with van der Waals surface area (Å²) in [6, 6.07) is 2.18. The van der Waals surface area contributed by atoms with Gasteiger partial charge < -0.3 is 13.9 Å². The Kier molecular flexibility index (Phi) is 4.81. The van der Waals surface area contributed by atoms with Gasteiger partial charge in [0.25, 0.3) is 0 Å². The lowest BCUT2D eigenvalue weighted by Gasteiger charge is -2.09. The molecule has 2 rings (SSSR count). The maximum absolute atomic E-state index is 13.8. The first-order valence-corrected chi connectivity index (χ1v) is 6.61. The van der Waals surface area contributed by atoms with Crippen LogP contribution in [0.1, 0.15) is 23.2 Å². The lowest BCUT2D eigenvalue weighted by atomic mass is 10.0. The van der Waals surface area contributed by atoms with Crippen molar-refractivity contribution in [3.05, 3.63) is 41.4 Å². The number of halogens is 5. The second kappa shape index (κ2) is 6.50. The van der Waals surface area contributed by atoms with E-state index in [4.69, 9.17) is 4.74 Å². The van der Waals surface area contributed by atoms with Crippen LogP contribution >= 0.6 is 0 Å². The molecule has 1 aromatic carbocycles. The molecule has 0 N–H and O–H groups in total. The van der Waals surface area contributed by atoms with Crippen molar-refractivity contribution >= 4 is 5.97 Å². The number of benzene rings is 1. The molecule has 9 heteroatoms. The van der Waals surface area contributed by atoms with Crippen molar-refractivity contribution in [1.29, 1.82) is 0 Å². The van der Waals surface area contributed by atoms with Crippen LogP contribution in [0.2, 0.25) is 0 Å². The summed E-state index contributed by atoms with van der Waals surface area (Å²) in [5.74, 6) is -6.75. The van der Waals surface area contributed by atoms with Gasteiger partial charge in [0.1, 0.15) is 0 Å². The van der Waals surface area contributed by atoms with Crippen molar-refractivity contribution in [2.24, 2.45) is 0 Å². The molecule has 0 bridgehead atoms. The van der Waals surface area contributed by atoms with Gasteiger partial charge in [0.15, 0.2) is 11.6 Å². The van der Waals surface area contributed by atoms with E-state index in [9.17, 15) is 26.7 Å².